The molecule has 3 heteroatoms. The summed E-state index contributed by atoms with van der Waals surface area (Å²) in [6, 6.07) is 0. The van der Waals surface area contributed by atoms with Crippen LogP contribution in [0, 0.1) is 0 Å². The van der Waals surface area contributed by atoms with Crippen LogP contribution in [0.2, 0.25) is 0 Å². The molecule has 86 valence electrons. The number of rotatable bonds is 6. The largest absolute Gasteiger partial charge is 0.462 e. The van der Waals surface area contributed by atoms with Crippen molar-refractivity contribution in [3.05, 3.63) is 0 Å². The molecule has 0 unspecified atom stereocenters. The molecule has 0 saturated heterocycles. The van der Waals surface area contributed by atoms with Crippen molar-refractivity contribution in [3.8, 4) is 0 Å². The Morgan fingerprint density at radius 3 is 2.60 bits per heavy atom. The van der Waals surface area contributed by atoms with Crippen LogP contribution in [-0.2, 0) is 14.3 Å². The van der Waals surface area contributed by atoms with Crippen molar-refractivity contribution in [3.63, 3.8) is 0 Å². The van der Waals surface area contributed by atoms with Gasteiger partial charge < -0.3 is 9.53 Å². The summed E-state index contributed by atoms with van der Waals surface area (Å²) in [6.07, 6.45) is 9.33. The van der Waals surface area contributed by atoms with E-state index in [-0.39, 0.29) is 12.1 Å². The number of aldehydes is 1. The van der Waals surface area contributed by atoms with Crippen LogP contribution in [-0.4, -0.2) is 18.4 Å². The number of hydrogen-bond acceptors (Lipinski definition) is 3. The van der Waals surface area contributed by atoms with Gasteiger partial charge in [-0.1, -0.05) is 6.42 Å². The monoisotopic (exact) mass is 212 g/mol. The maximum absolute atomic E-state index is 11.4. The highest BCUT2D eigenvalue weighted by Gasteiger charge is 2.16. The molecule has 0 spiro atoms. The van der Waals surface area contributed by atoms with Gasteiger partial charge in [-0.25, -0.2) is 0 Å². The van der Waals surface area contributed by atoms with Crippen LogP contribution in [0.1, 0.15) is 57.8 Å². The molecule has 0 amide bonds. The van der Waals surface area contributed by atoms with Gasteiger partial charge in [0.2, 0.25) is 0 Å². The summed E-state index contributed by atoms with van der Waals surface area (Å²) in [7, 11) is 0. The third-order valence-electron chi connectivity index (χ3n) is 2.80. The average molecular weight is 212 g/mol. The minimum absolute atomic E-state index is 0.0900. The van der Waals surface area contributed by atoms with Gasteiger partial charge in [-0.15, -0.1) is 0 Å². The minimum Gasteiger partial charge on any atom is -0.462 e. The van der Waals surface area contributed by atoms with Gasteiger partial charge in [0.15, 0.2) is 0 Å². The molecule has 0 N–H and O–H groups in total. The second-order valence-electron chi connectivity index (χ2n) is 4.16. The summed E-state index contributed by atoms with van der Waals surface area (Å²) in [5, 5.41) is 0. The topological polar surface area (TPSA) is 43.4 Å². The van der Waals surface area contributed by atoms with E-state index >= 15 is 0 Å². The van der Waals surface area contributed by atoms with Crippen molar-refractivity contribution < 1.29 is 14.3 Å². The SMILES string of the molecule is O=CCCCCC(=O)OC1CCCCC1. The predicted octanol–water partition coefficient (Wildman–Crippen LogP) is 2.62. The van der Waals surface area contributed by atoms with Gasteiger partial charge in [0.1, 0.15) is 12.4 Å². The Hall–Kier alpha value is -0.860. The van der Waals surface area contributed by atoms with Gasteiger partial charge in [-0.05, 0) is 38.5 Å². The van der Waals surface area contributed by atoms with E-state index in [1.165, 1.54) is 19.3 Å². The summed E-state index contributed by atoms with van der Waals surface area (Å²) in [5.41, 5.74) is 0. The maximum Gasteiger partial charge on any atom is 0.306 e. The quantitative estimate of drug-likeness (QED) is 0.386. The fraction of sp³-hybridized carbons (Fsp3) is 0.833. The molecule has 0 radical (unpaired) electrons. The van der Waals surface area contributed by atoms with Gasteiger partial charge in [0, 0.05) is 12.8 Å². The second kappa shape index (κ2) is 7.43. The van der Waals surface area contributed by atoms with Gasteiger partial charge in [-0.3, -0.25) is 4.79 Å². The molecule has 0 aromatic carbocycles. The van der Waals surface area contributed by atoms with E-state index in [1.807, 2.05) is 0 Å². The summed E-state index contributed by atoms with van der Waals surface area (Å²) >= 11 is 0. The van der Waals surface area contributed by atoms with Crippen LogP contribution in [0.15, 0.2) is 0 Å². The molecule has 1 saturated carbocycles. The highest BCUT2D eigenvalue weighted by Crippen LogP contribution is 2.20. The first kappa shape index (κ1) is 12.2. The van der Waals surface area contributed by atoms with Crippen molar-refractivity contribution >= 4 is 12.3 Å². The molecule has 1 rings (SSSR count). The van der Waals surface area contributed by atoms with E-state index in [9.17, 15) is 9.59 Å². The zero-order chi connectivity index (χ0) is 10.9. The third-order valence-corrected chi connectivity index (χ3v) is 2.80. The van der Waals surface area contributed by atoms with Gasteiger partial charge in [0.25, 0.3) is 0 Å². The highest BCUT2D eigenvalue weighted by molar-refractivity contribution is 5.69. The summed E-state index contributed by atoms with van der Waals surface area (Å²) in [6.45, 7) is 0. The van der Waals surface area contributed by atoms with E-state index in [2.05, 4.69) is 0 Å². The molecule has 1 aliphatic carbocycles. The molecule has 0 aromatic heterocycles. The van der Waals surface area contributed by atoms with Gasteiger partial charge >= 0.3 is 5.97 Å². The number of hydrogen-bond donors (Lipinski definition) is 0. The summed E-state index contributed by atoms with van der Waals surface area (Å²) in [4.78, 5) is 21.4. The van der Waals surface area contributed by atoms with Gasteiger partial charge in [0.05, 0.1) is 0 Å². The molecule has 1 fully saturated rings. The Morgan fingerprint density at radius 1 is 1.20 bits per heavy atom. The van der Waals surface area contributed by atoms with Crippen LogP contribution in [0.25, 0.3) is 0 Å². The molecular formula is C12H20O3. The first-order valence-corrected chi connectivity index (χ1v) is 5.96. The Balaban J connectivity index is 2.04. The van der Waals surface area contributed by atoms with Crippen molar-refractivity contribution in [1.82, 2.24) is 0 Å². The average Bonchev–Trinajstić information content (AvgIpc) is 2.26. The van der Waals surface area contributed by atoms with E-state index in [0.717, 1.165) is 32.0 Å². The molecule has 15 heavy (non-hydrogen) atoms. The van der Waals surface area contributed by atoms with Crippen molar-refractivity contribution in [2.75, 3.05) is 0 Å². The maximum atomic E-state index is 11.4. The number of unbranched alkanes of at least 4 members (excludes halogenated alkanes) is 2. The third kappa shape index (κ3) is 5.55. The van der Waals surface area contributed by atoms with Crippen LogP contribution in [0.3, 0.4) is 0 Å². The van der Waals surface area contributed by atoms with Crippen LogP contribution in [0.4, 0.5) is 0 Å². The number of carbonyl (C=O) groups excluding carboxylic acids is 2. The first-order chi connectivity index (χ1) is 7.33. The molecule has 0 aromatic rings. The minimum atomic E-state index is -0.0900. The molecular weight excluding hydrogens is 192 g/mol. The van der Waals surface area contributed by atoms with Crippen LogP contribution >= 0.6 is 0 Å². The Labute approximate surface area is 91.2 Å². The highest BCUT2D eigenvalue weighted by atomic mass is 16.5. The lowest BCUT2D eigenvalue weighted by Gasteiger charge is -2.21. The lowest BCUT2D eigenvalue weighted by Crippen LogP contribution is -2.20. The second-order valence-corrected chi connectivity index (χ2v) is 4.16. The normalized spacial score (nSPS) is 17.3. The lowest BCUT2D eigenvalue weighted by molar-refractivity contribution is -0.150. The van der Waals surface area contributed by atoms with Gasteiger partial charge in [-0.2, -0.15) is 0 Å². The molecule has 0 aliphatic heterocycles. The number of ether oxygens (including phenoxy) is 1. The zero-order valence-electron chi connectivity index (χ0n) is 9.24. The van der Waals surface area contributed by atoms with Crippen LogP contribution < -0.4 is 0 Å². The fourth-order valence-electron chi connectivity index (χ4n) is 1.92. The van der Waals surface area contributed by atoms with Crippen molar-refractivity contribution in [2.45, 2.75) is 63.9 Å². The van der Waals surface area contributed by atoms with E-state index < -0.39 is 0 Å². The van der Waals surface area contributed by atoms with E-state index in [4.69, 9.17) is 4.74 Å². The first-order valence-electron chi connectivity index (χ1n) is 5.96. The van der Waals surface area contributed by atoms with Crippen molar-refractivity contribution in [1.29, 1.82) is 0 Å². The Bertz CT molecular complexity index is 195. The summed E-state index contributed by atoms with van der Waals surface area (Å²) in [5.74, 6) is -0.0900. The van der Waals surface area contributed by atoms with E-state index in [1.54, 1.807) is 0 Å². The Morgan fingerprint density at radius 2 is 1.93 bits per heavy atom. The number of carbonyl (C=O) groups is 2. The Kier molecular flexibility index (Phi) is 6.05. The zero-order valence-corrected chi connectivity index (χ0v) is 9.24. The van der Waals surface area contributed by atoms with Crippen LogP contribution in [0.5, 0.6) is 0 Å². The summed E-state index contributed by atoms with van der Waals surface area (Å²) < 4.78 is 5.34. The molecule has 0 atom stereocenters. The smallest absolute Gasteiger partial charge is 0.306 e. The lowest BCUT2D eigenvalue weighted by atomic mass is 9.98. The predicted molar refractivity (Wildman–Crippen MR) is 57.5 cm³/mol. The molecule has 0 bridgehead atoms. The molecule has 3 nitrogen and oxygen atoms in total. The molecule has 0 heterocycles. The van der Waals surface area contributed by atoms with E-state index in [0.29, 0.717) is 12.8 Å². The molecule has 1 aliphatic rings. The number of esters is 1. The van der Waals surface area contributed by atoms with Crippen molar-refractivity contribution in [2.24, 2.45) is 0 Å². The standard InChI is InChI=1S/C12H20O3/c13-10-6-2-5-9-12(14)15-11-7-3-1-4-8-11/h10-11H,1-9H2. The fourth-order valence-corrected chi connectivity index (χ4v) is 1.92.